The molecule has 5 atom stereocenters. The summed E-state index contributed by atoms with van der Waals surface area (Å²) in [5, 5.41) is 0. The molecular formula is C29H51N3O7. The number of aromatic amines is 1. The SMILES string of the molecule is CCCCCCCCC(CCCCCC)OC(=O)CO[C@H]1[C@@H](OC)[C@H](n2ccc(=O)[nH]c2=O)O[C@@H]1CN(C)C. The Kier molecular flexibility index (Phi) is 15.6. The van der Waals surface area contributed by atoms with E-state index in [2.05, 4.69) is 18.8 Å². The van der Waals surface area contributed by atoms with Gasteiger partial charge in [-0.05, 0) is 39.8 Å². The predicted molar refractivity (Wildman–Crippen MR) is 151 cm³/mol. The minimum atomic E-state index is -0.815. The number of methoxy groups -OCH3 is 1. The van der Waals surface area contributed by atoms with Crippen molar-refractivity contribution in [2.75, 3.05) is 34.4 Å². The highest BCUT2D eigenvalue weighted by molar-refractivity contribution is 5.70. The van der Waals surface area contributed by atoms with Crippen molar-refractivity contribution in [2.45, 2.75) is 122 Å². The fraction of sp³-hybridized carbons (Fsp3) is 0.828. The zero-order valence-corrected chi connectivity index (χ0v) is 24.7. The van der Waals surface area contributed by atoms with E-state index in [0.717, 1.165) is 38.5 Å². The summed E-state index contributed by atoms with van der Waals surface area (Å²) in [7, 11) is 5.32. The molecule has 1 fully saturated rings. The lowest BCUT2D eigenvalue weighted by atomic mass is 10.0. The lowest BCUT2D eigenvalue weighted by Gasteiger charge is -2.25. The van der Waals surface area contributed by atoms with Crippen molar-refractivity contribution in [3.05, 3.63) is 33.1 Å². The van der Waals surface area contributed by atoms with Crippen LogP contribution in [0.5, 0.6) is 0 Å². The van der Waals surface area contributed by atoms with E-state index in [9.17, 15) is 14.4 Å². The highest BCUT2D eigenvalue weighted by Crippen LogP contribution is 2.33. The molecule has 1 aromatic heterocycles. The van der Waals surface area contributed by atoms with Crippen LogP contribution in [0.3, 0.4) is 0 Å². The van der Waals surface area contributed by atoms with Crippen molar-refractivity contribution in [2.24, 2.45) is 0 Å². The van der Waals surface area contributed by atoms with Crippen LogP contribution in [0, 0.1) is 0 Å². The smallest absolute Gasteiger partial charge is 0.332 e. The molecule has 39 heavy (non-hydrogen) atoms. The van der Waals surface area contributed by atoms with E-state index in [4.69, 9.17) is 18.9 Å². The van der Waals surface area contributed by atoms with Gasteiger partial charge >= 0.3 is 11.7 Å². The molecular weight excluding hydrogens is 502 g/mol. The van der Waals surface area contributed by atoms with Crippen molar-refractivity contribution >= 4 is 5.97 Å². The molecule has 1 aliphatic rings. The van der Waals surface area contributed by atoms with Crippen molar-refractivity contribution in [3.8, 4) is 0 Å². The highest BCUT2D eigenvalue weighted by Gasteiger charge is 2.47. The van der Waals surface area contributed by atoms with E-state index in [1.54, 1.807) is 0 Å². The first kappa shape index (κ1) is 33.2. The van der Waals surface area contributed by atoms with Crippen LogP contribution in [0.1, 0.15) is 97.1 Å². The zero-order valence-electron chi connectivity index (χ0n) is 24.7. The average Bonchev–Trinajstić information content (AvgIpc) is 3.23. The van der Waals surface area contributed by atoms with Gasteiger partial charge in [-0.25, -0.2) is 9.59 Å². The second-order valence-electron chi connectivity index (χ2n) is 10.8. The van der Waals surface area contributed by atoms with Crippen molar-refractivity contribution in [1.29, 1.82) is 0 Å². The first-order valence-electron chi connectivity index (χ1n) is 14.8. The van der Waals surface area contributed by atoms with Crippen LogP contribution in [-0.4, -0.2) is 79.2 Å². The Balaban J connectivity index is 2.01. The number of rotatable bonds is 20. The van der Waals surface area contributed by atoms with Gasteiger partial charge < -0.3 is 23.8 Å². The van der Waals surface area contributed by atoms with Crippen LogP contribution in [0.25, 0.3) is 0 Å². The van der Waals surface area contributed by atoms with Crippen LogP contribution in [0.4, 0.5) is 0 Å². The molecule has 10 nitrogen and oxygen atoms in total. The number of hydrogen-bond acceptors (Lipinski definition) is 8. The van der Waals surface area contributed by atoms with E-state index in [0.29, 0.717) is 6.54 Å². The van der Waals surface area contributed by atoms with Gasteiger partial charge in [-0.15, -0.1) is 0 Å². The molecule has 0 saturated carbocycles. The molecule has 1 aliphatic heterocycles. The molecule has 0 spiro atoms. The van der Waals surface area contributed by atoms with Crippen LogP contribution >= 0.6 is 0 Å². The van der Waals surface area contributed by atoms with Gasteiger partial charge in [0.25, 0.3) is 5.56 Å². The van der Waals surface area contributed by atoms with Gasteiger partial charge in [0.05, 0.1) is 0 Å². The molecule has 2 heterocycles. The topological polar surface area (TPSA) is 112 Å². The number of unbranched alkanes of at least 4 members (excludes halogenated alkanes) is 8. The first-order chi connectivity index (χ1) is 18.8. The summed E-state index contributed by atoms with van der Waals surface area (Å²) < 4.78 is 25.1. The Labute approximate surface area is 233 Å². The third-order valence-corrected chi connectivity index (χ3v) is 7.18. The third-order valence-electron chi connectivity index (χ3n) is 7.18. The van der Waals surface area contributed by atoms with E-state index in [1.165, 1.54) is 62.5 Å². The maximum Gasteiger partial charge on any atom is 0.332 e. The molecule has 1 unspecified atom stereocenters. The zero-order chi connectivity index (χ0) is 28.6. The van der Waals surface area contributed by atoms with Gasteiger partial charge in [-0.1, -0.05) is 65.2 Å². The number of likely N-dealkylation sites (N-methyl/N-ethyl adjacent to an activating group) is 1. The van der Waals surface area contributed by atoms with Crippen LogP contribution < -0.4 is 11.2 Å². The Morgan fingerprint density at radius 3 is 2.21 bits per heavy atom. The van der Waals surface area contributed by atoms with E-state index in [-0.39, 0.29) is 12.7 Å². The van der Waals surface area contributed by atoms with Crippen molar-refractivity contribution in [1.82, 2.24) is 14.5 Å². The number of nitrogens with zero attached hydrogens (tertiary/aromatic N) is 2. The summed E-state index contributed by atoms with van der Waals surface area (Å²) in [4.78, 5) is 41.1. The Bertz CT molecular complexity index is 932. The Hall–Kier alpha value is -2.01. The van der Waals surface area contributed by atoms with Gasteiger partial charge in [-0.2, -0.15) is 0 Å². The number of H-pyrrole nitrogens is 1. The molecule has 10 heteroatoms. The highest BCUT2D eigenvalue weighted by atomic mass is 16.6. The third kappa shape index (κ3) is 11.6. The van der Waals surface area contributed by atoms with Crippen molar-refractivity contribution in [3.63, 3.8) is 0 Å². The van der Waals surface area contributed by atoms with Gasteiger partial charge in [-0.3, -0.25) is 14.3 Å². The number of esters is 1. The lowest BCUT2D eigenvalue weighted by Crippen LogP contribution is -2.42. The number of aromatic nitrogens is 2. The lowest BCUT2D eigenvalue weighted by molar-refractivity contribution is -0.160. The average molecular weight is 554 g/mol. The normalized spacial score (nSPS) is 21.9. The fourth-order valence-corrected chi connectivity index (χ4v) is 5.12. The first-order valence-corrected chi connectivity index (χ1v) is 14.8. The summed E-state index contributed by atoms with van der Waals surface area (Å²) >= 11 is 0. The van der Waals surface area contributed by atoms with E-state index < -0.39 is 41.8 Å². The maximum absolute atomic E-state index is 12.9. The summed E-state index contributed by atoms with van der Waals surface area (Å²) in [5.74, 6) is -0.399. The second-order valence-corrected chi connectivity index (χ2v) is 10.8. The fourth-order valence-electron chi connectivity index (χ4n) is 5.12. The molecule has 1 saturated heterocycles. The number of nitrogens with one attached hydrogen (secondary N) is 1. The molecule has 1 N–H and O–H groups in total. The number of carbonyl (C=O) groups excluding carboxylic acids is 1. The minimum Gasteiger partial charge on any atom is -0.461 e. The van der Waals surface area contributed by atoms with E-state index >= 15 is 0 Å². The molecule has 0 aliphatic carbocycles. The van der Waals surface area contributed by atoms with Gasteiger partial charge in [0.15, 0.2) is 6.23 Å². The number of hydrogen-bond donors (Lipinski definition) is 1. The Morgan fingerprint density at radius 2 is 1.62 bits per heavy atom. The predicted octanol–water partition coefficient (Wildman–Crippen LogP) is 4.03. The largest absolute Gasteiger partial charge is 0.461 e. The summed E-state index contributed by atoms with van der Waals surface area (Å²) in [6.45, 7) is 4.67. The molecule has 0 radical (unpaired) electrons. The summed E-state index contributed by atoms with van der Waals surface area (Å²) in [6, 6.07) is 1.26. The molecule has 0 bridgehead atoms. The standard InChI is InChI=1S/C29H51N3O7/c1-6-8-10-12-13-15-17-22(16-14-11-9-7-2)38-25(34)21-37-26-23(20-31(3)4)39-28(27(26)36-5)32-19-18-24(33)30-29(32)35/h18-19,22-23,26-28H,6-17,20-21H2,1-5H3,(H,30,33,35)/t22?,23-,26-,27-,28-/m1/s1. The molecule has 224 valence electrons. The molecule has 1 aromatic rings. The van der Waals surface area contributed by atoms with Gasteiger partial charge in [0, 0.05) is 25.9 Å². The van der Waals surface area contributed by atoms with E-state index in [1.807, 2.05) is 19.0 Å². The van der Waals surface area contributed by atoms with Crippen molar-refractivity contribution < 1.29 is 23.7 Å². The molecule has 0 amide bonds. The minimum absolute atomic E-state index is 0.104. The monoisotopic (exact) mass is 553 g/mol. The number of ether oxygens (including phenoxy) is 4. The summed E-state index contributed by atoms with van der Waals surface area (Å²) in [5.41, 5.74) is -1.09. The quantitative estimate of drug-likeness (QED) is 0.190. The molecule has 2 rings (SSSR count). The van der Waals surface area contributed by atoms with Crippen LogP contribution in [-0.2, 0) is 23.7 Å². The molecule has 0 aromatic carbocycles. The second kappa shape index (κ2) is 18.4. The Morgan fingerprint density at radius 1 is 1.00 bits per heavy atom. The van der Waals surface area contributed by atoms with Crippen LogP contribution in [0.2, 0.25) is 0 Å². The van der Waals surface area contributed by atoms with Gasteiger partial charge in [0.1, 0.15) is 31.0 Å². The van der Waals surface area contributed by atoms with Gasteiger partial charge in [0.2, 0.25) is 0 Å². The maximum atomic E-state index is 12.9. The van der Waals surface area contributed by atoms with Crippen LogP contribution in [0.15, 0.2) is 21.9 Å². The number of carbonyl (C=O) groups is 1. The summed E-state index contributed by atoms with van der Waals surface area (Å²) in [6.07, 6.45) is 12.2.